The van der Waals surface area contributed by atoms with Crippen LogP contribution in [0.1, 0.15) is 61.7 Å². The second kappa shape index (κ2) is 10.0. The third kappa shape index (κ3) is 4.92. The van der Waals surface area contributed by atoms with E-state index >= 15 is 0 Å². The van der Waals surface area contributed by atoms with Crippen LogP contribution in [-0.2, 0) is 4.74 Å². The Bertz CT molecular complexity index is 711. The first-order chi connectivity index (χ1) is 14.7. The van der Waals surface area contributed by atoms with Gasteiger partial charge in [0.1, 0.15) is 6.10 Å². The van der Waals surface area contributed by atoms with Gasteiger partial charge < -0.3 is 24.0 Å². The summed E-state index contributed by atoms with van der Waals surface area (Å²) in [5.41, 5.74) is 0.645. The maximum absolute atomic E-state index is 13.0. The van der Waals surface area contributed by atoms with E-state index in [1.165, 1.54) is 25.7 Å². The van der Waals surface area contributed by atoms with Crippen LogP contribution < -0.4 is 9.47 Å². The van der Waals surface area contributed by atoms with Gasteiger partial charge in [0.25, 0.3) is 5.91 Å². The van der Waals surface area contributed by atoms with Crippen LogP contribution in [0.2, 0.25) is 0 Å². The molecule has 0 spiro atoms. The van der Waals surface area contributed by atoms with Gasteiger partial charge in [-0.25, -0.2) is 0 Å². The highest BCUT2D eigenvalue weighted by Gasteiger charge is 2.29. The van der Waals surface area contributed by atoms with Crippen molar-refractivity contribution in [3.05, 3.63) is 23.8 Å². The number of piperidine rings is 2. The minimum atomic E-state index is 0.0338. The van der Waals surface area contributed by atoms with Crippen molar-refractivity contribution in [2.75, 3.05) is 40.4 Å². The number of nitrogens with zero attached hydrogens (tertiary/aromatic N) is 2. The van der Waals surface area contributed by atoms with Crippen LogP contribution in [0.3, 0.4) is 0 Å². The molecule has 1 aromatic carbocycles. The van der Waals surface area contributed by atoms with Crippen LogP contribution in [-0.4, -0.2) is 74.4 Å². The molecule has 2 heterocycles. The number of likely N-dealkylation sites (tertiary alicyclic amines) is 2. The van der Waals surface area contributed by atoms with Crippen LogP contribution in [0.5, 0.6) is 11.5 Å². The van der Waals surface area contributed by atoms with Gasteiger partial charge in [-0.1, -0.05) is 12.8 Å². The van der Waals surface area contributed by atoms with Gasteiger partial charge in [0.05, 0.1) is 13.2 Å². The average molecular weight is 417 g/mol. The van der Waals surface area contributed by atoms with E-state index in [0.717, 1.165) is 57.1 Å². The zero-order chi connectivity index (χ0) is 20.9. The number of ether oxygens (including phenoxy) is 3. The van der Waals surface area contributed by atoms with E-state index in [1.54, 1.807) is 14.2 Å². The molecule has 0 aromatic heterocycles. The maximum Gasteiger partial charge on any atom is 0.254 e. The molecular formula is C24H36N2O4. The molecule has 2 aliphatic heterocycles. The van der Waals surface area contributed by atoms with Crippen molar-refractivity contribution in [1.29, 1.82) is 0 Å². The molecule has 1 aliphatic carbocycles. The Kier molecular flexibility index (Phi) is 7.16. The molecule has 0 bridgehead atoms. The van der Waals surface area contributed by atoms with Gasteiger partial charge >= 0.3 is 0 Å². The van der Waals surface area contributed by atoms with Gasteiger partial charge in [-0.05, 0) is 56.7 Å². The molecule has 0 radical (unpaired) electrons. The van der Waals surface area contributed by atoms with Crippen molar-refractivity contribution in [1.82, 2.24) is 9.80 Å². The highest BCUT2D eigenvalue weighted by atomic mass is 16.5. The lowest BCUT2D eigenvalue weighted by Gasteiger charge is -2.36. The van der Waals surface area contributed by atoms with Crippen LogP contribution in [0.4, 0.5) is 0 Å². The zero-order valence-electron chi connectivity index (χ0n) is 18.5. The number of rotatable bonds is 6. The number of amides is 1. The molecule has 2 saturated heterocycles. The third-order valence-electron chi connectivity index (χ3n) is 7.02. The number of hydrogen-bond donors (Lipinski definition) is 0. The van der Waals surface area contributed by atoms with E-state index in [-0.39, 0.29) is 18.1 Å². The summed E-state index contributed by atoms with van der Waals surface area (Å²) in [5.74, 6) is 1.41. The summed E-state index contributed by atoms with van der Waals surface area (Å²) in [6.45, 7) is 3.65. The second-order valence-electron chi connectivity index (χ2n) is 8.91. The first-order valence-corrected chi connectivity index (χ1v) is 11.6. The number of methoxy groups -OCH3 is 2. The monoisotopic (exact) mass is 416 g/mol. The van der Waals surface area contributed by atoms with Crippen LogP contribution in [0.15, 0.2) is 18.2 Å². The van der Waals surface area contributed by atoms with Crippen molar-refractivity contribution in [3.8, 4) is 11.5 Å². The molecule has 6 nitrogen and oxygen atoms in total. The van der Waals surface area contributed by atoms with Gasteiger partial charge in [-0.3, -0.25) is 4.79 Å². The fraction of sp³-hybridized carbons (Fsp3) is 0.708. The Morgan fingerprint density at radius 1 is 0.900 bits per heavy atom. The predicted octanol–water partition coefficient (Wildman–Crippen LogP) is 3.73. The van der Waals surface area contributed by atoms with E-state index in [9.17, 15) is 4.79 Å². The molecule has 0 unspecified atom stereocenters. The smallest absolute Gasteiger partial charge is 0.254 e. The lowest BCUT2D eigenvalue weighted by atomic mass is 10.0. The molecule has 30 heavy (non-hydrogen) atoms. The highest BCUT2D eigenvalue weighted by Crippen LogP contribution is 2.32. The Morgan fingerprint density at radius 2 is 1.67 bits per heavy atom. The van der Waals surface area contributed by atoms with E-state index in [4.69, 9.17) is 14.2 Å². The fourth-order valence-corrected chi connectivity index (χ4v) is 5.20. The summed E-state index contributed by atoms with van der Waals surface area (Å²) in [6, 6.07) is 6.37. The first kappa shape index (κ1) is 21.4. The summed E-state index contributed by atoms with van der Waals surface area (Å²) in [4.78, 5) is 17.5. The molecule has 1 amide bonds. The second-order valence-corrected chi connectivity index (χ2v) is 8.91. The normalized spacial score (nSPS) is 24.2. The summed E-state index contributed by atoms with van der Waals surface area (Å²) in [6.07, 6.45) is 9.90. The number of benzene rings is 1. The van der Waals surface area contributed by atoms with Gasteiger partial charge in [0, 0.05) is 44.9 Å². The fourth-order valence-electron chi connectivity index (χ4n) is 5.20. The van der Waals surface area contributed by atoms with Gasteiger partial charge in [0.15, 0.2) is 11.5 Å². The molecular weight excluding hydrogens is 380 g/mol. The lowest BCUT2D eigenvalue weighted by molar-refractivity contribution is 0.0268. The molecule has 3 aliphatic rings. The Balaban J connectivity index is 1.36. The van der Waals surface area contributed by atoms with Crippen molar-refractivity contribution >= 4 is 5.91 Å². The van der Waals surface area contributed by atoms with E-state index in [2.05, 4.69) is 4.90 Å². The number of carbonyl (C=O) groups is 1. The van der Waals surface area contributed by atoms with E-state index < -0.39 is 0 Å². The molecule has 1 saturated carbocycles. The van der Waals surface area contributed by atoms with Crippen LogP contribution >= 0.6 is 0 Å². The summed E-state index contributed by atoms with van der Waals surface area (Å²) >= 11 is 0. The van der Waals surface area contributed by atoms with Crippen LogP contribution in [0.25, 0.3) is 0 Å². The third-order valence-corrected chi connectivity index (χ3v) is 7.02. The zero-order valence-corrected chi connectivity index (χ0v) is 18.5. The topological polar surface area (TPSA) is 51.2 Å². The van der Waals surface area contributed by atoms with Crippen molar-refractivity contribution in [2.24, 2.45) is 0 Å². The largest absolute Gasteiger partial charge is 0.493 e. The number of carbonyl (C=O) groups excluding carboxylic acids is 1. The predicted molar refractivity (Wildman–Crippen MR) is 116 cm³/mol. The Hall–Kier alpha value is -1.79. The average Bonchev–Trinajstić information content (AvgIpc) is 3.34. The Labute approximate surface area is 180 Å². The van der Waals surface area contributed by atoms with Gasteiger partial charge in [0.2, 0.25) is 0 Å². The molecule has 4 rings (SSSR count). The number of hydrogen-bond acceptors (Lipinski definition) is 5. The summed E-state index contributed by atoms with van der Waals surface area (Å²) < 4.78 is 17.3. The minimum absolute atomic E-state index is 0.0338. The SMILES string of the molecule is COc1cc(C(=O)N2CCC[C@@H](OC)C2)ccc1OC1CCN(C2CCCC2)CC1. The Morgan fingerprint density at radius 3 is 2.37 bits per heavy atom. The molecule has 3 fully saturated rings. The minimum Gasteiger partial charge on any atom is -0.493 e. The van der Waals surface area contributed by atoms with Crippen molar-refractivity contribution < 1.29 is 19.0 Å². The van der Waals surface area contributed by atoms with Crippen molar-refractivity contribution in [2.45, 2.75) is 69.6 Å². The van der Waals surface area contributed by atoms with E-state index in [0.29, 0.717) is 17.9 Å². The van der Waals surface area contributed by atoms with Gasteiger partial charge in [-0.2, -0.15) is 0 Å². The van der Waals surface area contributed by atoms with E-state index in [1.807, 2.05) is 23.1 Å². The van der Waals surface area contributed by atoms with Crippen LogP contribution in [0, 0.1) is 0 Å². The molecule has 0 N–H and O–H groups in total. The van der Waals surface area contributed by atoms with Crippen molar-refractivity contribution in [3.63, 3.8) is 0 Å². The molecule has 166 valence electrons. The summed E-state index contributed by atoms with van der Waals surface area (Å²) in [7, 11) is 3.35. The highest BCUT2D eigenvalue weighted by molar-refractivity contribution is 5.95. The maximum atomic E-state index is 13.0. The quantitative estimate of drug-likeness (QED) is 0.707. The van der Waals surface area contributed by atoms with Gasteiger partial charge in [-0.15, -0.1) is 0 Å². The molecule has 1 aromatic rings. The molecule has 6 heteroatoms. The lowest BCUT2D eigenvalue weighted by Crippen LogP contribution is -2.43. The standard InChI is InChI=1S/C24H36N2O4/c1-28-21-8-5-13-26(17-21)24(27)18-9-10-22(23(16-18)29-2)30-20-11-14-25(15-12-20)19-6-3-4-7-19/h9-10,16,19-21H,3-8,11-15,17H2,1-2H3/t21-/m1/s1. The summed E-state index contributed by atoms with van der Waals surface area (Å²) in [5, 5.41) is 0. The first-order valence-electron chi connectivity index (χ1n) is 11.6. The molecule has 1 atom stereocenters.